The number of hydrogen-bond donors (Lipinski definition) is 1. The summed E-state index contributed by atoms with van der Waals surface area (Å²) in [4.78, 5) is 31.3. The third kappa shape index (κ3) is 3.13. The van der Waals surface area contributed by atoms with Crippen LogP contribution >= 0.6 is 15.9 Å². The molecule has 1 saturated heterocycles. The second kappa shape index (κ2) is 6.81. The SMILES string of the molecule is O=C1NC2(CCc3ccccc3C2)C(=O)N1Cc1nc(-c2cccc(Br)c2)no1. The van der Waals surface area contributed by atoms with Crippen molar-refractivity contribution >= 4 is 27.9 Å². The summed E-state index contributed by atoms with van der Waals surface area (Å²) in [7, 11) is 0. The molecule has 0 saturated carbocycles. The Morgan fingerprint density at radius 2 is 1.97 bits per heavy atom. The Bertz CT molecular complexity index is 1130. The standard InChI is InChI=1S/C21H17BrN4O3/c22-16-7-3-6-14(10-16)18-23-17(29-25-18)12-26-19(27)21(24-20(26)28)9-8-13-4-1-2-5-15(13)11-21/h1-7,10H,8-9,11-12H2,(H,24,28). The first kappa shape index (κ1) is 18.1. The Kier molecular flexibility index (Phi) is 4.24. The van der Waals surface area contributed by atoms with Crippen LogP contribution in [0.2, 0.25) is 0 Å². The Morgan fingerprint density at radius 1 is 1.14 bits per heavy atom. The van der Waals surface area contributed by atoms with Crippen LogP contribution in [0, 0.1) is 0 Å². The van der Waals surface area contributed by atoms with Crippen molar-refractivity contribution < 1.29 is 14.1 Å². The second-order valence-corrected chi connectivity index (χ2v) is 8.29. The maximum absolute atomic E-state index is 13.2. The summed E-state index contributed by atoms with van der Waals surface area (Å²) in [6.07, 6.45) is 1.83. The van der Waals surface area contributed by atoms with Gasteiger partial charge in [-0.25, -0.2) is 4.79 Å². The van der Waals surface area contributed by atoms with Gasteiger partial charge in [0.25, 0.3) is 5.91 Å². The molecular weight excluding hydrogens is 436 g/mol. The quantitative estimate of drug-likeness (QED) is 0.614. The van der Waals surface area contributed by atoms with Crippen LogP contribution in [0.3, 0.4) is 0 Å². The Morgan fingerprint density at radius 3 is 2.79 bits per heavy atom. The number of nitrogens with zero attached hydrogens (tertiary/aromatic N) is 3. The normalized spacial score (nSPS) is 20.8. The molecule has 1 aliphatic carbocycles. The van der Waals surface area contributed by atoms with Crippen molar-refractivity contribution in [3.8, 4) is 11.4 Å². The van der Waals surface area contributed by atoms with E-state index in [0.29, 0.717) is 18.7 Å². The highest BCUT2D eigenvalue weighted by molar-refractivity contribution is 9.10. The summed E-state index contributed by atoms with van der Waals surface area (Å²) in [6.45, 7) is -0.0466. The van der Waals surface area contributed by atoms with Gasteiger partial charge in [-0.05, 0) is 36.1 Å². The zero-order valence-electron chi connectivity index (χ0n) is 15.4. The molecular formula is C21H17BrN4O3. The molecule has 5 rings (SSSR count). The average molecular weight is 453 g/mol. The highest BCUT2D eigenvalue weighted by atomic mass is 79.9. The van der Waals surface area contributed by atoms with E-state index >= 15 is 0 Å². The van der Waals surface area contributed by atoms with Crippen molar-refractivity contribution in [3.63, 3.8) is 0 Å². The number of fused-ring (bicyclic) bond motifs is 1. The van der Waals surface area contributed by atoms with Gasteiger partial charge in [0.05, 0.1) is 0 Å². The molecule has 29 heavy (non-hydrogen) atoms. The van der Waals surface area contributed by atoms with Crippen LogP contribution in [0.4, 0.5) is 4.79 Å². The lowest BCUT2D eigenvalue weighted by molar-refractivity contribution is -0.132. The van der Waals surface area contributed by atoms with Crippen molar-refractivity contribution in [1.82, 2.24) is 20.4 Å². The number of hydrogen-bond acceptors (Lipinski definition) is 5. The molecule has 146 valence electrons. The summed E-state index contributed by atoms with van der Waals surface area (Å²) in [5.74, 6) is 0.394. The van der Waals surface area contributed by atoms with Gasteiger partial charge in [0.1, 0.15) is 12.1 Å². The number of aryl methyl sites for hydroxylation is 1. The van der Waals surface area contributed by atoms with Gasteiger partial charge in [-0.3, -0.25) is 9.69 Å². The molecule has 1 aliphatic heterocycles. The lowest BCUT2D eigenvalue weighted by atomic mass is 9.78. The minimum absolute atomic E-state index is 0.0466. The van der Waals surface area contributed by atoms with E-state index in [0.717, 1.165) is 22.0 Å². The summed E-state index contributed by atoms with van der Waals surface area (Å²) in [5, 5.41) is 6.89. The number of rotatable bonds is 3. The summed E-state index contributed by atoms with van der Waals surface area (Å²) in [5.41, 5.74) is 2.23. The summed E-state index contributed by atoms with van der Waals surface area (Å²) < 4.78 is 6.20. The third-order valence-electron chi connectivity index (χ3n) is 5.52. The Labute approximate surface area is 175 Å². The van der Waals surface area contributed by atoms with Gasteiger partial charge in [-0.15, -0.1) is 0 Å². The molecule has 2 heterocycles. The first-order valence-corrected chi connectivity index (χ1v) is 10.1. The fourth-order valence-corrected chi connectivity index (χ4v) is 4.44. The molecule has 8 heteroatoms. The van der Waals surface area contributed by atoms with Gasteiger partial charge >= 0.3 is 6.03 Å². The first-order valence-electron chi connectivity index (χ1n) is 9.33. The van der Waals surface area contributed by atoms with Crippen molar-refractivity contribution in [2.24, 2.45) is 0 Å². The van der Waals surface area contributed by atoms with Crippen molar-refractivity contribution in [3.05, 3.63) is 70.0 Å². The van der Waals surface area contributed by atoms with Crippen LogP contribution < -0.4 is 5.32 Å². The lowest BCUT2D eigenvalue weighted by Crippen LogP contribution is -2.51. The van der Waals surface area contributed by atoms with Gasteiger partial charge < -0.3 is 9.84 Å². The lowest BCUT2D eigenvalue weighted by Gasteiger charge is -2.32. The number of carbonyl (C=O) groups excluding carboxylic acids is 2. The van der Waals surface area contributed by atoms with E-state index in [1.165, 1.54) is 10.5 Å². The number of imide groups is 1. The molecule has 1 fully saturated rings. The van der Waals surface area contributed by atoms with Crippen LogP contribution in [0.25, 0.3) is 11.4 Å². The van der Waals surface area contributed by atoms with Crippen LogP contribution in [0.15, 0.2) is 57.5 Å². The molecule has 7 nitrogen and oxygen atoms in total. The van der Waals surface area contributed by atoms with Crippen molar-refractivity contribution in [2.45, 2.75) is 31.3 Å². The van der Waals surface area contributed by atoms with E-state index in [-0.39, 0.29) is 18.3 Å². The number of halogens is 1. The van der Waals surface area contributed by atoms with E-state index < -0.39 is 11.6 Å². The molecule has 2 aromatic carbocycles. The van der Waals surface area contributed by atoms with Crippen molar-refractivity contribution in [1.29, 1.82) is 0 Å². The zero-order chi connectivity index (χ0) is 20.0. The highest BCUT2D eigenvalue weighted by Gasteiger charge is 2.52. The summed E-state index contributed by atoms with van der Waals surface area (Å²) in [6, 6.07) is 15.1. The predicted octanol–water partition coefficient (Wildman–Crippen LogP) is 3.48. The Hall–Kier alpha value is -3.00. The maximum Gasteiger partial charge on any atom is 0.325 e. The van der Waals surface area contributed by atoms with E-state index in [1.54, 1.807) is 0 Å². The number of aromatic nitrogens is 2. The number of amides is 3. The highest BCUT2D eigenvalue weighted by Crippen LogP contribution is 2.34. The van der Waals surface area contributed by atoms with Gasteiger partial charge in [0.2, 0.25) is 11.7 Å². The molecule has 1 atom stereocenters. The van der Waals surface area contributed by atoms with Gasteiger partial charge in [0, 0.05) is 16.5 Å². The van der Waals surface area contributed by atoms with Gasteiger partial charge in [-0.2, -0.15) is 4.98 Å². The summed E-state index contributed by atoms with van der Waals surface area (Å²) >= 11 is 3.41. The number of benzene rings is 2. The Balaban J connectivity index is 1.37. The smallest absolute Gasteiger partial charge is 0.325 e. The van der Waals surface area contributed by atoms with Crippen LogP contribution in [0.1, 0.15) is 23.4 Å². The zero-order valence-corrected chi connectivity index (χ0v) is 17.0. The van der Waals surface area contributed by atoms with E-state index in [4.69, 9.17) is 4.52 Å². The molecule has 1 aromatic heterocycles. The largest absolute Gasteiger partial charge is 0.337 e. The van der Waals surface area contributed by atoms with E-state index in [2.05, 4.69) is 37.5 Å². The number of nitrogens with one attached hydrogen (secondary N) is 1. The van der Waals surface area contributed by atoms with Gasteiger partial charge in [0.15, 0.2) is 0 Å². The fourth-order valence-electron chi connectivity index (χ4n) is 4.04. The molecule has 3 aromatic rings. The molecule has 1 N–H and O–H groups in total. The monoisotopic (exact) mass is 452 g/mol. The number of urea groups is 1. The molecule has 1 spiro atoms. The van der Waals surface area contributed by atoms with Crippen LogP contribution in [-0.4, -0.2) is 32.5 Å². The average Bonchev–Trinajstić information content (AvgIpc) is 3.27. The third-order valence-corrected chi connectivity index (χ3v) is 6.02. The molecule has 0 radical (unpaired) electrons. The molecule has 1 unspecified atom stereocenters. The van der Waals surface area contributed by atoms with E-state index in [1.807, 2.05) is 42.5 Å². The van der Waals surface area contributed by atoms with Gasteiger partial charge in [-0.1, -0.05) is 57.5 Å². The van der Waals surface area contributed by atoms with Crippen LogP contribution in [-0.2, 0) is 24.2 Å². The first-order chi connectivity index (χ1) is 14.0. The van der Waals surface area contributed by atoms with Crippen LogP contribution in [0.5, 0.6) is 0 Å². The minimum atomic E-state index is -0.890. The van der Waals surface area contributed by atoms with E-state index in [9.17, 15) is 9.59 Å². The minimum Gasteiger partial charge on any atom is -0.337 e. The second-order valence-electron chi connectivity index (χ2n) is 7.37. The molecule has 0 bridgehead atoms. The fraction of sp³-hybridized carbons (Fsp3) is 0.238. The maximum atomic E-state index is 13.2. The number of carbonyl (C=O) groups is 2. The van der Waals surface area contributed by atoms with Crippen molar-refractivity contribution in [2.75, 3.05) is 0 Å². The predicted molar refractivity (Wildman–Crippen MR) is 108 cm³/mol. The topological polar surface area (TPSA) is 88.3 Å². The molecule has 3 amide bonds. The molecule has 2 aliphatic rings.